The predicted octanol–water partition coefficient (Wildman–Crippen LogP) is 3.87. The molecule has 0 aliphatic carbocycles. The molecule has 0 bridgehead atoms. The Kier molecular flexibility index (Phi) is 10.7. The molecule has 0 unspecified atom stereocenters. The van der Waals surface area contributed by atoms with Crippen molar-refractivity contribution in [3.05, 3.63) is 54.1 Å². The number of carbonyl (C=O) groups excluding carboxylic acids is 2. The standard InChI is InChI=1S/C25H35N3O4/c1-18-8-10-22(11-9-18)28-25(31)7-5-4-6-19(2)26-16-23(30)17-32-24-14-12-21(13-15-24)27-20(3)29/h8-15,19,23,26,30H,4-7,16-17H2,1-3H3,(H,27,29)(H,28,31)/t19-,23+/m0/s1. The lowest BCUT2D eigenvalue weighted by Gasteiger charge is -2.17. The summed E-state index contributed by atoms with van der Waals surface area (Å²) < 4.78 is 5.59. The Balaban J connectivity index is 1.54. The number of amides is 2. The fourth-order valence-electron chi connectivity index (χ4n) is 3.12. The van der Waals surface area contributed by atoms with E-state index in [-0.39, 0.29) is 24.5 Å². The summed E-state index contributed by atoms with van der Waals surface area (Å²) in [6.45, 7) is 6.15. The highest BCUT2D eigenvalue weighted by atomic mass is 16.5. The number of benzene rings is 2. The van der Waals surface area contributed by atoms with E-state index in [2.05, 4.69) is 22.9 Å². The molecule has 0 aliphatic heterocycles. The molecule has 2 aromatic rings. The normalized spacial score (nSPS) is 12.6. The van der Waals surface area contributed by atoms with Crippen LogP contribution in [0.25, 0.3) is 0 Å². The Hall–Kier alpha value is -2.90. The molecule has 7 nitrogen and oxygen atoms in total. The van der Waals surface area contributed by atoms with E-state index >= 15 is 0 Å². The van der Waals surface area contributed by atoms with Crippen LogP contribution < -0.4 is 20.7 Å². The van der Waals surface area contributed by atoms with Crippen molar-refractivity contribution < 1.29 is 19.4 Å². The van der Waals surface area contributed by atoms with Crippen LogP contribution in [0.4, 0.5) is 11.4 Å². The van der Waals surface area contributed by atoms with Crippen molar-refractivity contribution in [2.24, 2.45) is 0 Å². The van der Waals surface area contributed by atoms with Gasteiger partial charge in [-0.1, -0.05) is 24.1 Å². The van der Waals surface area contributed by atoms with Gasteiger partial charge in [0.15, 0.2) is 0 Å². The Bertz CT molecular complexity index is 837. The largest absolute Gasteiger partial charge is 0.491 e. The van der Waals surface area contributed by atoms with Crippen LogP contribution >= 0.6 is 0 Å². The monoisotopic (exact) mass is 441 g/mol. The van der Waals surface area contributed by atoms with E-state index in [0.717, 1.165) is 24.9 Å². The number of anilines is 2. The summed E-state index contributed by atoms with van der Waals surface area (Å²) in [7, 11) is 0. The maximum Gasteiger partial charge on any atom is 0.224 e. The molecule has 4 N–H and O–H groups in total. The van der Waals surface area contributed by atoms with Gasteiger partial charge in [-0.3, -0.25) is 9.59 Å². The number of nitrogens with one attached hydrogen (secondary N) is 3. The minimum absolute atomic E-state index is 0.0344. The van der Waals surface area contributed by atoms with Crippen LogP contribution in [-0.4, -0.2) is 42.2 Å². The minimum atomic E-state index is -0.632. The number of unbranched alkanes of at least 4 members (excludes halogenated alkanes) is 1. The lowest BCUT2D eigenvalue weighted by Crippen LogP contribution is -2.36. The quantitative estimate of drug-likeness (QED) is 0.354. The van der Waals surface area contributed by atoms with Crippen LogP contribution in [0.5, 0.6) is 5.75 Å². The van der Waals surface area contributed by atoms with Gasteiger partial charge in [0, 0.05) is 37.3 Å². The van der Waals surface area contributed by atoms with Crippen LogP contribution in [0.2, 0.25) is 0 Å². The van der Waals surface area contributed by atoms with E-state index in [1.807, 2.05) is 31.2 Å². The number of hydrogen-bond acceptors (Lipinski definition) is 5. The van der Waals surface area contributed by atoms with Gasteiger partial charge < -0.3 is 25.8 Å². The number of aliphatic hydroxyl groups excluding tert-OH is 1. The first-order valence-corrected chi connectivity index (χ1v) is 11.1. The summed E-state index contributed by atoms with van der Waals surface area (Å²) >= 11 is 0. The second-order valence-corrected chi connectivity index (χ2v) is 8.14. The first kappa shape index (κ1) is 25.4. The number of aliphatic hydroxyl groups is 1. The van der Waals surface area contributed by atoms with Gasteiger partial charge >= 0.3 is 0 Å². The third-order valence-electron chi connectivity index (χ3n) is 4.95. The Morgan fingerprint density at radius 1 is 0.969 bits per heavy atom. The molecule has 0 saturated carbocycles. The second kappa shape index (κ2) is 13.5. The molecule has 2 amide bonds. The average molecular weight is 442 g/mol. The van der Waals surface area contributed by atoms with Crippen molar-refractivity contribution in [1.29, 1.82) is 0 Å². The van der Waals surface area contributed by atoms with E-state index in [4.69, 9.17) is 4.74 Å². The highest BCUT2D eigenvalue weighted by molar-refractivity contribution is 5.90. The summed E-state index contributed by atoms with van der Waals surface area (Å²) in [5.41, 5.74) is 2.70. The Morgan fingerprint density at radius 3 is 2.25 bits per heavy atom. The van der Waals surface area contributed by atoms with Crippen molar-refractivity contribution >= 4 is 23.2 Å². The SMILES string of the molecule is CC(=O)Nc1ccc(OC[C@H](O)CN[C@@H](C)CCCCC(=O)Nc2ccc(C)cc2)cc1. The highest BCUT2D eigenvalue weighted by Crippen LogP contribution is 2.16. The smallest absolute Gasteiger partial charge is 0.224 e. The summed E-state index contributed by atoms with van der Waals surface area (Å²) in [6.07, 6.45) is 2.55. The van der Waals surface area contributed by atoms with E-state index in [0.29, 0.717) is 24.4 Å². The third kappa shape index (κ3) is 10.4. The molecule has 0 heterocycles. The van der Waals surface area contributed by atoms with Crippen molar-refractivity contribution in [2.75, 3.05) is 23.8 Å². The third-order valence-corrected chi connectivity index (χ3v) is 4.95. The van der Waals surface area contributed by atoms with E-state index in [1.165, 1.54) is 12.5 Å². The van der Waals surface area contributed by atoms with Gasteiger partial charge in [-0.15, -0.1) is 0 Å². The summed E-state index contributed by atoms with van der Waals surface area (Å²) in [5.74, 6) is 0.544. The molecule has 0 aliphatic rings. The van der Waals surface area contributed by atoms with Gasteiger partial charge in [0.25, 0.3) is 0 Å². The van der Waals surface area contributed by atoms with Crippen LogP contribution in [0.1, 0.15) is 45.1 Å². The number of rotatable bonds is 13. The molecule has 174 valence electrons. The van der Waals surface area contributed by atoms with Gasteiger partial charge in [-0.25, -0.2) is 0 Å². The molecule has 2 atom stereocenters. The Morgan fingerprint density at radius 2 is 1.59 bits per heavy atom. The van der Waals surface area contributed by atoms with Gasteiger partial charge in [0.05, 0.1) is 0 Å². The van der Waals surface area contributed by atoms with Gasteiger partial charge in [-0.05, 0) is 63.1 Å². The van der Waals surface area contributed by atoms with Crippen LogP contribution in [-0.2, 0) is 9.59 Å². The Labute approximate surface area is 190 Å². The average Bonchev–Trinajstić information content (AvgIpc) is 2.76. The fraction of sp³-hybridized carbons (Fsp3) is 0.440. The number of aryl methyl sites for hydroxylation is 1. The zero-order valence-electron chi connectivity index (χ0n) is 19.2. The summed E-state index contributed by atoms with van der Waals surface area (Å²) in [6, 6.07) is 15.0. The van der Waals surface area contributed by atoms with Crippen LogP contribution in [0.15, 0.2) is 48.5 Å². The topological polar surface area (TPSA) is 99.7 Å². The van der Waals surface area contributed by atoms with Crippen molar-refractivity contribution in [3.8, 4) is 5.75 Å². The van der Waals surface area contributed by atoms with Crippen molar-refractivity contribution in [2.45, 2.75) is 58.6 Å². The van der Waals surface area contributed by atoms with Crippen LogP contribution in [0, 0.1) is 6.92 Å². The molecule has 0 saturated heterocycles. The lowest BCUT2D eigenvalue weighted by atomic mass is 10.1. The number of ether oxygens (including phenoxy) is 1. The van der Waals surface area contributed by atoms with Gasteiger partial charge in [0.1, 0.15) is 18.5 Å². The van der Waals surface area contributed by atoms with Crippen molar-refractivity contribution in [3.63, 3.8) is 0 Å². The maximum atomic E-state index is 12.0. The number of hydrogen-bond donors (Lipinski definition) is 4. The molecule has 32 heavy (non-hydrogen) atoms. The molecule has 7 heteroatoms. The van der Waals surface area contributed by atoms with E-state index < -0.39 is 6.10 Å². The first-order chi connectivity index (χ1) is 15.3. The fourth-order valence-corrected chi connectivity index (χ4v) is 3.12. The van der Waals surface area contributed by atoms with Gasteiger partial charge in [0.2, 0.25) is 11.8 Å². The lowest BCUT2D eigenvalue weighted by molar-refractivity contribution is -0.116. The van der Waals surface area contributed by atoms with E-state index in [1.54, 1.807) is 24.3 Å². The number of carbonyl (C=O) groups is 2. The van der Waals surface area contributed by atoms with Gasteiger partial charge in [-0.2, -0.15) is 0 Å². The first-order valence-electron chi connectivity index (χ1n) is 11.1. The molecular weight excluding hydrogens is 406 g/mol. The zero-order chi connectivity index (χ0) is 23.3. The molecule has 0 radical (unpaired) electrons. The molecule has 2 aromatic carbocycles. The minimum Gasteiger partial charge on any atom is -0.491 e. The molecule has 0 fully saturated rings. The predicted molar refractivity (Wildman–Crippen MR) is 128 cm³/mol. The second-order valence-electron chi connectivity index (χ2n) is 8.14. The van der Waals surface area contributed by atoms with E-state index in [9.17, 15) is 14.7 Å². The molecular formula is C25H35N3O4. The maximum absolute atomic E-state index is 12.0. The highest BCUT2D eigenvalue weighted by Gasteiger charge is 2.09. The summed E-state index contributed by atoms with van der Waals surface area (Å²) in [5, 5.41) is 19.1. The molecule has 0 spiro atoms. The van der Waals surface area contributed by atoms with Crippen LogP contribution in [0.3, 0.4) is 0 Å². The molecule has 0 aromatic heterocycles. The molecule has 2 rings (SSSR count). The zero-order valence-corrected chi connectivity index (χ0v) is 19.2. The van der Waals surface area contributed by atoms with Crippen molar-refractivity contribution in [1.82, 2.24) is 5.32 Å². The summed E-state index contributed by atoms with van der Waals surface area (Å²) in [4.78, 5) is 23.0.